The Kier molecular flexibility index (Phi) is 2.96. The maximum atomic E-state index is 11.2. The molecule has 1 aliphatic carbocycles. The molecule has 1 aliphatic rings. The lowest BCUT2D eigenvalue weighted by Gasteiger charge is -2.30. The highest BCUT2D eigenvalue weighted by atomic mass is 35.5. The molecule has 0 heterocycles. The quantitative estimate of drug-likeness (QED) is 0.670. The number of nitrogens with zero attached hydrogens (tertiary/aromatic N) is 1. The maximum absolute atomic E-state index is 11.2. The van der Waals surface area contributed by atoms with Crippen molar-refractivity contribution in [1.29, 1.82) is 0 Å². The summed E-state index contributed by atoms with van der Waals surface area (Å²) in [5.74, 6) is -0.0848. The van der Waals surface area contributed by atoms with E-state index < -0.39 is 0 Å². The highest BCUT2D eigenvalue weighted by molar-refractivity contribution is 6.21. The van der Waals surface area contributed by atoms with Crippen LogP contribution in [0.2, 0.25) is 0 Å². The minimum absolute atomic E-state index is 0.0501. The van der Waals surface area contributed by atoms with Crippen LogP contribution in [-0.4, -0.2) is 10.3 Å². The van der Waals surface area contributed by atoms with E-state index in [1.807, 2.05) is 12.1 Å². The summed E-state index contributed by atoms with van der Waals surface area (Å²) in [6, 6.07) is 8.27. The molecule has 1 amide bonds. The zero-order chi connectivity index (χ0) is 10.8. The summed E-state index contributed by atoms with van der Waals surface area (Å²) >= 11 is 6.01. The van der Waals surface area contributed by atoms with Crippen LogP contribution in [0.25, 0.3) is 0 Å². The lowest BCUT2D eigenvalue weighted by atomic mass is 9.88. The van der Waals surface area contributed by atoms with Gasteiger partial charge < -0.3 is 0 Å². The van der Waals surface area contributed by atoms with Gasteiger partial charge in [0, 0.05) is 18.7 Å². The van der Waals surface area contributed by atoms with E-state index in [1.54, 1.807) is 0 Å². The molecule has 0 unspecified atom stereocenters. The fraction of sp³-hybridized carbons (Fsp3) is 0.417. The summed E-state index contributed by atoms with van der Waals surface area (Å²) in [6.07, 6.45) is 3.15. The number of hydrogen-bond donors (Lipinski definition) is 0. The standard InChI is InChI=1S/C12H14ClNO/c1-9(15)14(13)12-8-4-6-10-5-2-3-7-11(10)12/h2-3,5,7,12H,4,6,8H2,1H3/t12-/m1/s1. The number of aryl methyl sites for hydroxylation is 1. The predicted octanol–water partition coefficient (Wildman–Crippen LogP) is 3.07. The largest absolute Gasteiger partial charge is 0.274 e. The Morgan fingerprint density at radius 2 is 2.20 bits per heavy atom. The second kappa shape index (κ2) is 4.23. The van der Waals surface area contributed by atoms with Crippen LogP contribution in [0.15, 0.2) is 24.3 Å². The molecule has 3 heteroatoms. The zero-order valence-corrected chi connectivity index (χ0v) is 9.50. The van der Waals surface area contributed by atoms with Crippen molar-refractivity contribution in [3.8, 4) is 0 Å². The lowest BCUT2D eigenvalue weighted by Crippen LogP contribution is -2.27. The Labute approximate surface area is 95.0 Å². The van der Waals surface area contributed by atoms with E-state index in [1.165, 1.54) is 22.5 Å². The number of benzene rings is 1. The monoisotopic (exact) mass is 223 g/mol. The van der Waals surface area contributed by atoms with Gasteiger partial charge in [0.1, 0.15) is 0 Å². The van der Waals surface area contributed by atoms with Gasteiger partial charge in [-0.1, -0.05) is 24.3 Å². The molecule has 1 aromatic carbocycles. The molecule has 0 fully saturated rings. The van der Waals surface area contributed by atoms with Gasteiger partial charge in [-0.05, 0) is 30.4 Å². The van der Waals surface area contributed by atoms with Crippen molar-refractivity contribution in [2.24, 2.45) is 0 Å². The van der Waals surface area contributed by atoms with Crippen molar-refractivity contribution >= 4 is 17.7 Å². The Bertz CT molecular complexity index is 378. The molecule has 0 spiro atoms. The first-order chi connectivity index (χ1) is 7.20. The van der Waals surface area contributed by atoms with Gasteiger partial charge >= 0.3 is 0 Å². The molecule has 1 aromatic rings. The molecule has 0 saturated carbocycles. The third-order valence-electron chi connectivity index (χ3n) is 2.91. The van der Waals surface area contributed by atoms with Crippen molar-refractivity contribution in [3.63, 3.8) is 0 Å². The Balaban J connectivity index is 2.33. The van der Waals surface area contributed by atoms with Gasteiger partial charge in [0.15, 0.2) is 0 Å². The van der Waals surface area contributed by atoms with Gasteiger partial charge in [-0.25, -0.2) is 4.42 Å². The number of carbonyl (C=O) groups is 1. The smallest absolute Gasteiger partial charge is 0.234 e. The third-order valence-corrected chi connectivity index (χ3v) is 3.39. The number of amides is 1. The van der Waals surface area contributed by atoms with Crippen molar-refractivity contribution in [2.75, 3.05) is 0 Å². The second-order valence-electron chi connectivity index (χ2n) is 3.94. The number of halogens is 1. The van der Waals surface area contributed by atoms with Crippen LogP contribution >= 0.6 is 11.8 Å². The van der Waals surface area contributed by atoms with Crippen LogP contribution in [0.3, 0.4) is 0 Å². The van der Waals surface area contributed by atoms with E-state index in [-0.39, 0.29) is 11.9 Å². The zero-order valence-electron chi connectivity index (χ0n) is 8.74. The van der Waals surface area contributed by atoms with Crippen molar-refractivity contribution in [3.05, 3.63) is 35.4 Å². The minimum atomic E-state index is -0.0848. The molecular formula is C12H14ClNO. The second-order valence-corrected chi connectivity index (χ2v) is 4.30. The summed E-state index contributed by atoms with van der Waals surface area (Å²) < 4.78 is 1.33. The van der Waals surface area contributed by atoms with E-state index >= 15 is 0 Å². The molecule has 0 N–H and O–H groups in total. The van der Waals surface area contributed by atoms with Crippen molar-refractivity contribution in [2.45, 2.75) is 32.2 Å². The van der Waals surface area contributed by atoms with Crippen LogP contribution in [0.5, 0.6) is 0 Å². The summed E-state index contributed by atoms with van der Waals surface area (Å²) in [5.41, 5.74) is 2.52. The van der Waals surface area contributed by atoms with Crippen LogP contribution in [0.1, 0.15) is 36.9 Å². The molecule has 0 bridgehead atoms. The molecule has 1 atom stereocenters. The van der Waals surface area contributed by atoms with Gasteiger partial charge in [0.2, 0.25) is 5.91 Å². The SMILES string of the molecule is CC(=O)N(Cl)[C@@H]1CCCc2ccccc21. The van der Waals surface area contributed by atoms with E-state index in [0.29, 0.717) is 0 Å². The first-order valence-corrected chi connectivity index (χ1v) is 5.57. The first kappa shape index (κ1) is 10.5. The number of carbonyl (C=O) groups excluding carboxylic acids is 1. The molecule has 0 aromatic heterocycles. The molecule has 2 rings (SSSR count). The van der Waals surface area contributed by atoms with Crippen LogP contribution in [0, 0.1) is 0 Å². The average molecular weight is 224 g/mol. The van der Waals surface area contributed by atoms with Gasteiger partial charge in [0.25, 0.3) is 0 Å². The fourth-order valence-corrected chi connectivity index (χ4v) is 2.39. The average Bonchev–Trinajstić information content (AvgIpc) is 2.27. The fourth-order valence-electron chi connectivity index (χ4n) is 2.18. The van der Waals surface area contributed by atoms with Gasteiger partial charge in [-0.3, -0.25) is 4.79 Å². The van der Waals surface area contributed by atoms with Gasteiger partial charge in [-0.2, -0.15) is 0 Å². The highest BCUT2D eigenvalue weighted by Gasteiger charge is 2.26. The number of hydrogen-bond acceptors (Lipinski definition) is 1. The number of fused-ring (bicyclic) bond motifs is 1. The van der Waals surface area contributed by atoms with E-state index in [4.69, 9.17) is 11.8 Å². The molecule has 0 aliphatic heterocycles. The Hall–Kier alpha value is -1.02. The van der Waals surface area contributed by atoms with Gasteiger partial charge in [-0.15, -0.1) is 0 Å². The summed E-state index contributed by atoms with van der Waals surface area (Å²) in [7, 11) is 0. The number of rotatable bonds is 1. The van der Waals surface area contributed by atoms with Crippen molar-refractivity contribution < 1.29 is 4.79 Å². The molecule has 0 saturated heterocycles. The molecule has 15 heavy (non-hydrogen) atoms. The van der Waals surface area contributed by atoms with Crippen molar-refractivity contribution in [1.82, 2.24) is 4.42 Å². The van der Waals surface area contributed by atoms with E-state index in [2.05, 4.69) is 12.1 Å². The highest BCUT2D eigenvalue weighted by Crippen LogP contribution is 2.35. The minimum Gasteiger partial charge on any atom is -0.274 e. The van der Waals surface area contributed by atoms with E-state index in [9.17, 15) is 4.79 Å². The maximum Gasteiger partial charge on any atom is 0.234 e. The Morgan fingerprint density at radius 1 is 1.47 bits per heavy atom. The van der Waals surface area contributed by atoms with Crippen LogP contribution in [-0.2, 0) is 11.2 Å². The summed E-state index contributed by atoms with van der Waals surface area (Å²) in [5, 5.41) is 0. The first-order valence-electron chi connectivity index (χ1n) is 5.23. The summed E-state index contributed by atoms with van der Waals surface area (Å²) in [6.45, 7) is 1.50. The summed E-state index contributed by atoms with van der Waals surface area (Å²) in [4.78, 5) is 11.2. The van der Waals surface area contributed by atoms with Gasteiger partial charge in [0.05, 0.1) is 6.04 Å². The molecule has 80 valence electrons. The third kappa shape index (κ3) is 2.00. The molecule has 0 radical (unpaired) electrons. The lowest BCUT2D eigenvalue weighted by molar-refractivity contribution is -0.126. The van der Waals surface area contributed by atoms with E-state index in [0.717, 1.165) is 19.3 Å². The predicted molar refractivity (Wildman–Crippen MR) is 60.5 cm³/mol. The molecular weight excluding hydrogens is 210 g/mol. The Morgan fingerprint density at radius 3 is 2.93 bits per heavy atom. The normalized spacial score (nSPS) is 19.5. The van der Waals surface area contributed by atoms with Crippen LogP contribution < -0.4 is 0 Å². The topological polar surface area (TPSA) is 20.3 Å². The van der Waals surface area contributed by atoms with Crippen LogP contribution in [0.4, 0.5) is 0 Å². The molecule has 2 nitrogen and oxygen atoms in total.